The smallest absolute Gasteiger partial charge is 0.325 e. The molecule has 0 aliphatic carbocycles. The zero-order valence-corrected chi connectivity index (χ0v) is 25.0. The fraction of sp³-hybridized carbons (Fsp3) is 0.821. The van der Waals surface area contributed by atoms with Crippen LogP contribution in [-0.2, 0) is 23.9 Å². The highest BCUT2D eigenvalue weighted by molar-refractivity contribution is 5.95. The lowest BCUT2D eigenvalue weighted by molar-refractivity contribution is -0.153. The van der Waals surface area contributed by atoms with E-state index >= 15 is 0 Å². The number of hydrogen-bond donors (Lipinski definition) is 3. The van der Waals surface area contributed by atoms with Crippen LogP contribution in [0.5, 0.6) is 0 Å². The average Bonchev–Trinajstić information content (AvgIpc) is 3.15. The quantitative estimate of drug-likeness (QED) is 0.346. The number of amides is 4. The van der Waals surface area contributed by atoms with E-state index in [0.29, 0.717) is 19.4 Å². The molecular formula is C28H50N4O6. The molecule has 10 heteroatoms. The van der Waals surface area contributed by atoms with E-state index in [2.05, 4.69) is 29.8 Å². The highest BCUT2D eigenvalue weighted by atomic mass is 16.6. The second kappa shape index (κ2) is 13.9. The van der Waals surface area contributed by atoms with E-state index in [9.17, 15) is 24.0 Å². The molecular weight excluding hydrogens is 488 g/mol. The molecule has 0 aromatic rings. The Morgan fingerprint density at radius 2 is 1.63 bits per heavy atom. The van der Waals surface area contributed by atoms with Crippen molar-refractivity contribution in [1.82, 2.24) is 20.9 Å². The summed E-state index contributed by atoms with van der Waals surface area (Å²) in [5.74, 6) is -1.08. The molecule has 5 unspecified atom stereocenters. The predicted octanol–water partition coefficient (Wildman–Crippen LogP) is 3.18. The minimum Gasteiger partial charge on any atom is -0.459 e. The zero-order chi connectivity index (χ0) is 29.4. The Bertz CT molecular complexity index is 860. The van der Waals surface area contributed by atoms with Gasteiger partial charge >= 0.3 is 12.0 Å². The Morgan fingerprint density at radius 1 is 1.03 bits per heavy atom. The van der Waals surface area contributed by atoms with Crippen LogP contribution in [0.2, 0.25) is 0 Å². The number of urea groups is 1. The Hall–Kier alpha value is -2.65. The van der Waals surface area contributed by atoms with E-state index in [-0.39, 0.29) is 36.0 Å². The first-order valence-electron chi connectivity index (χ1n) is 13.7. The highest BCUT2D eigenvalue weighted by Crippen LogP contribution is 2.28. The van der Waals surface area contributed by atoms with Gasteiger partial charge in [0, 0.05) is 6.54 Å². The lowest BCUT2D eigenvalue weighted by atomic mass is 9.85. The number of rotatable bonds is 11. The Morgan fingerprint density at radius 3 is 2.13 bits per heavy atom. The summed E-state index contributed by atoms with van der Waals surface area (Å²) in [6.45, 7) is 18.2. The van der Waals surface area contributed by atoms with Crippen LogP contribution in [0, 0.1) is 17.3 Å². The van der Waals surface area contributed by atoms with Gasteiger partial charge in [0.1, 0.15) is 24.2 Å². The molecule has 38 heavy (non-hydrogen) atoms. The summed E-state index contributed by atoms with van der Waals surface area (Å²) < 4.78 is 5.20. The SMILES string of the molecule is CCCC(C)CC(NC(=O)C1CC(C)CN1C(=O)C(NC(=O)NCC(=O)OC(C)(C)C)C(C)(C)C)C(C)=O. The predicted molar refractivity (Wildman–Crippen MR) is 146 cm³/mol. The van der Waals surface area contributed by atoms with Crippen molar-refractivity contribution in [3.05, 3.63) is 0 Å². The molecule has 218 valence electrons. The van der Waals surface area contributed by atoms with Crippen molar-refractivity contribution >= 4 is 29.6 Å². The standard InChI is InChI=1S/C28H50N4O6/c1-11-12-17(2)13-20(19(4)33)30-24(35)21-14-18(3)16-32(21)25(36)23(27(5,6)7)31-26(37)29-15-22(34)38-28(8,9)10/h17-18,20-21,23H,11-16H2,1-10H3,(H,30,35)(H2,29,31,37). The van der Waals surface area contributed by atoms with Gasteiger partial charge in [0.05, 0.1) is 6.04 Å². The molecule has 5 atom stereocenters. The molecule has 0 aromatic heterocycles. The van der Waals surface area contributed by atoms with Gasteiger partial charge in [-0.2, -0.15) is 0 Å². The number of Topliss-reactive ketones (excluding diaryl/α,β-unsaturated/α-hetero) is 1. The number of carbonyl (C=O) groups excluding carboxylic acids is 5. The molecule has 1 aliphatic rings. The number of nitrogens with zero attached hydrogens (tertiary/aromatic N) is 1. The van der Waals surface area contributed by atoms with E-state index in [1.165, 1.54) is 11.8 Å². The molecule has 1 rings (SSSR count). The van der Waals surface area contributed by atoms with Crippen LogP contribution >= 0.6 is 0 Å². The van der Waals surface area contributed by atoms with Crippen LogP contribution in [0.4, 0.5) is 4.79 Å². The van der Waals surface area contributed by atoms with Crippen molar-refractivity contribution in [2.75, 3.05) is 13.1 Å². The highest BCUT2D eigenvalue weighted by Gasteiger charge is 2.44. The van der Waals surface area contributed by atoms with Gasteiger partial charge < -0.3 is 25.6 Å². The summed E-state index contributed by atoms with van der Waals surface area (Å²) in [4.78, 5) is 65.5. The molecule has 0 spiro atoms. The van der Waals surface area contributed by atoms with Crippen LogP contribution in [0.3, 0.4) is 0 Å². The molecule has 0 saturated carbocycles. The van der Waals surface area contributed by atoms with Crippen molar-refractivity contribution in [3.63, 3.8) is 0 Å². The second-order valence-corrected chi connectivity index (χ2v) is 12.9. The van der Waals surface area contributed by atoms with Gasteiger partial charge in [0.15, 0.2) is 5.78 Å². The van der Waals surface area contributed by atoms with Gasteiger partial charge in [0.25, 0.3) is 0 Å². The lowest BCUT2D eigenvalue weighted by Crippen LogP contribution is -2.60. The molecule has 4 amide bonds. The first-order valence-corrected chi connectivity index (χ1v) is 13.7. The Balaban J connectivity index is 2.99. The molecule has 0 radical (unpaired) electrons. The minimum atomic E-state index is -0.949. The molecule has 0 bridgehead atoms. The van der Waals surface area contributed by atoms with E-state index in [4.69, 9.17) is 4.74 Å². The number of esters is 1. The van der Waals surface area contributed by atoms with Gasteiger partial charge in [-0.1, -0.05) is 54.4 Å². The second-order valence-electron chi connectivity index (χ2n) is 12.9. The van der Waals surface area contributed by atoms with Crippen molar-refractivity contribution in [1.29, 1.82) is 0 Å². The number of hydrogen-bond acceptors (Lipinski definition) is 6. The first kappa shape index (κ1) is 33.4. The Kier molecular flexibility index (Phi) is 12.2. The maximum atomic E-state index is 13.7. The summed E-state index contributed by atoms with van der Waals surface area (Å²) in [7, 11) is 0. The largest absolute Gasteiger partial charge is 0.459 e. The molecule has 1 fully saturated rings. The fourth-order valence-corrected chi connectivity index (χ4v) is 4.67. The fourth-order valence-electron chi connectivity index (χ4n) is 4.67. The lowest BCUT2D eigenvalue weighted by Gasteiger charge is -2.35. The van der Waals surface area contributed by atoms with Crippen molar-refractivity contribution in [2.24, 2.45) is 17.3 Å². The van der Waals surface area contributed by atoms with Crippen molar-refractivity contribution in [2.45, 2.75) is 119 Å². The van der Waals surface area contributed by atoms with Gasteiger partial charge in [-0.3, -0.25) is 19.2 Å². The summed E-state index contributed by atoms with van der Waals surface area (Å²) in [5.41, 5.74) is -1.36. The van der Waals surface area contributed by atoms with Crippen molar-refractivity contribution in [3.8, 4) is 0 Å². The molecule has 0 aromatic carbocycles. The number of ketones is 1. The van der Waals surface area contributed by atoms with E-state index < -0.39 is 41.1 Å². The van der Waals surface area contributed by atoms with Crippen LogP contribution in [0.15, 0.2) is 0 Å². The maximum absolute atomic E-state index is 13.7. The normalized spacial score (nSPS) is 20.2. The molecule has 1 aliphatic heterocycles. The van der Waals surface area contributed by atoms with Gasteiger partial charge in [0.2, 0.25) is 11.8 Å². The van der Waals surface area contributed by atoms with Crippen LogP contribution in [-0.4, -0.2) is 71.3 Å². The minimum absolute atomic E-state index is 0.0751. The molecule has 10 nitrogen and oxygen atoms in total. The first-order chi connectivity index (χ1) is 17.4. The molecule has 1 heterocycles. The van der Waals surface area contributed by atoms with E-state index in [0.717, 1.165) is 12.8 Å². The van der Waals surface area contributed by atoms with Crippen LogP contribution in [0.1, 0.15) is 94.9 Å². The van der Waals surface area contributed by atoms with Gasteiger partial charge in [-0.05, 0) is 57.8 Å². The number of nitrogens with one attached hydrogen (secondary N) is 3. The summed E-state index contributed by atoms with van der Waals surface area (Å²) in [5, 5.41) is 8.03. The summed E-state index contributed by atoms with van der Waals surface area (Å²) in [6, 6.07) is -2.97. The number of ether oxygens (including phenoxy) is 1. The van der Waals surface area contributed by atoms with Gasteiger partial charge in [-0.25, -0.2) is 4.79 Å². The van der Waals surface area contributed by atoms with Crippen LogP contribution < -0.4 is 16.0 Å². The van der Waals surface area contributed by atoms with Crippen LogP contribution in [0.25, 0.3) is 0 Å². The van der Waals surface area contributed by atoms with Crippen molar-refractivity contribution < 1.29 is 28.7 Å². The third-order valence-electron chi connectivity index (χ3n) is 6.52. The molecule has 3 N–H and O–H groups in total. The topological polar surface area (TPSA) is 134 Å². The third-order valence-corrected chi connectivity index (χ3v) is 6.52. The average molecular weight is 539 g/mol. The van der Waals surface area contributed by atoms with Gasteiger partial charge in [-0.15, -0.1) is 0 Å². The summed E-state index contributed by atoms with van der Waals surface area (Å²) in [6.07, 6.45) is 2.97. The third kappa shape index (κ3) is 11.0. The Labute approximate surface area is 228 Å². The van der Waals surface area contributed by atoms with E-state index in [1.807, 2.05) is 27.7 Å². The number of carbonyl (C=O) groups is 5. The summed E-state index contributed by atoms with van der Waals surface area (Å²) >= 11 is 0. The van der Waals surface area contributed by atoms with E-state index in [1.54, 1.807) is 20.8 Å². The molecule has 1 saturated heterocycles. The number of likely N-dealkylation sites (tertiary alicyclic amines) is 1. The zero-order valence-electron chi connectivity index (χ0n) is 25.0. The monoisotopic (exact) mass is 538 g/mol. The maximum Gasteiger partial charge on any atom is 0.325 e.